The van der Waals surface area contributed by atoms with Crippen molar-refractivity contribution in [3.05, 3.63) is 65.1 Å². The SMILES string of the molecule is O=C(NC1CCc2[nH]ncc2C1)c1cc(-c2ccccc2)nc2onc(C3CC3)c12. The van der Waals surface area contributed by atoms with Gasteiger partial charge in [0.1, 0.15) is 0 Å². The highest BCUT2D eigenvalue weighted by Gasteiger charge is 2.33. The molecular weight excluding hydrogens is 378 g/mol. The van der Waals surface area contributed by atoms with Gasteiger partial charge >= 0.3 is 0 Å². The van der Waals surface area contributed by atoms with Gasteiger partial charge in [0.2, 0.25) is 0 Å². The van der Waals surface area contributed by atoms with Crippen molar-refractivity contribution in [3.8, 4) is 11.3 Å². The van der Waals surface area contributed by atoms with E-state index in [9.17, 15) is 4.79 Å². The summed E-state index contributed by atoms with van der Waals surface area (Å²) in [5, 5.41) is 15.4. The van der Waals surface area contributed by atoms with Crippen LogP contribution in [0.15, 0.2) is 47.1 Å². The quantitative estimate of drug-likeness (QED) is 0.544. The maximum Gasteiger partial charge on any atom is 0.259 e. The molecule has 2 aliphatic rings. The van der Waals surface area contributed by atoms with Crippen LogP contribution in [-0.4, -0.2) is 32.3 Å². The lowest BCUT2D eigenvalue weighted by Gasteiger charge is -2.23. The minimum absolute atomic E-state index is 0.0789. The second kappa shape index (κ2) is 6.79. The van der Waals surface area contributed by atoms with Crippen LogP contribution in [-0.2, 0) is 12.8 Å². The molecule has 7 nitrogen and oxygen atoms in total. The highest BCUT2D eigenvalue weighted by molar-refractivity contribution is 6.07. The van der Waals surface area contributed by atoms with Crippen LogP contribution in [0.5, 0.6) is 0 Å². The number of carbonyl (C=O) groups excluding carboxylic acids is 1. The first-order chi connectivity index (χ1) is 14.8. The fourth-order valence-corrected chi connectivity index (χ4v) is 4.35. The largest absolute Gasteiger partial charge is 0.349 e. The number of aromatic nitrogens is 4. The van der Waals surface area contributed by atoms with Crippen LogP contribution in [0, 0.1) is 0 Å². The van der Waals surface area contributed by atoms with E-state index >= 15 is 0 Å². The van der Waals surface area contributed by atoms with Gasteiger partial charge in [0, 0.05) is 23.2 Å². The number of aryl methyl sites for hydroxylation is 1. The van der Waals surface area contributed by atoms with Crippen molar-refractivity contribution in [3.63, 3.8) is 0 Å². The number of nitrogens with zero attached hydrogens (tertiary/aromatic N) is 3. The molecule has 1 unspecified atom stereocenters. The summed E-state index contributed by atoms with van der Waals surface area (Å²) in [4.78, 5) is 18.1. The van der Waals surface area contributed by atoms with Crippen LogP contribution in [0.3, 0.4) is 0 Å². The Kier molecular flexibility index (Phi) is 3.94. The summed E-state index contributed by atoms with van der Waals surface area (Å²) in [6, 6.07) is 11.8. The minimum atomic E-state index is -0.0957. The molecule has 0 spiro atoms. The fourth-order valence-electron chi connectivity index (χ4n) is 4.35. The van der Waals surface area contributed by atoms with E-state index in [0.717, 1.165) is 48.7 Å². The summed E-state index contributed by atoms with van der Waals surface area (Å²) < 4.78 is 5.58. The van der Waals surface area contributed by atoms with E-state index in [4.69, 9.17) is 4.52 Å². The molecule has 1 atom stereocenters. The maximum absolute atomic E-state index is 13.4. The number of rotatable bonds is 4. The van der Waals surface area contributed by atoms with Crippen LogP contribution in [0.2, 0.25) is 0 Å². The van der Waals surface area contributed by atoms with Gasteiger partial charge in [-0.15, -0.1) is 0 Å². The number of nitrogens with one attached hydrogen (secondary N) is 2. The standard InChI is InChI=1S/C23H21N5O2/c29-22(25-16-8-9-18-15(10-16)12-24-27-18)17-11-19(13-4-2-1-3-5-13)26-23-20(17)21(28-30-23)14-6-7-14/h1-5,11-12,14,16H,6-10H2,(H,24,27)(H,25,29). The number of carbonyl (C=O) groups is 1. The molecule has 3 aromatic heterocycles. The summed E-state index contributed by atoms with van der Waals surface area (Å²) in [5.41, 5.74) is 5.91. The number of aromatic amines is 1. The molecule has 6 rings (SSSR count). The van der Waals surface area contributed by atoms with Gasteiger partial charge in [-0.05, 0) is 43.7 Å². The number of H-pyrrole nitrogens is 1. The van der Waals surface area contributed by atoms with Crippen LogP contribution in [0.4, 0.5) is 0 Å². The van der Waals surface area contributed by atoms with Crippen molar-refractivity contribution in [2.24, 2.45) is 0 Å². The van der Waals surface area contributed by atoms with Crippen molar-refractivity contribution in [1.29, 1.82) is 0 Å². The third-order valence-electron chi connectivity index (χ3n) is 6.10. The van der Waals surface area contributed by atoms with Crippen molar-refractivity contribution in [2.75, 3.05) is 0 Å². The van der Waals surface area contributed by atoms with Crippen LogP contribution < -0.4 is 5.32 Å². The Morgan fingerprint density at radius 2 is 2.03 bits per heavy atom. The van der Waals surface area contributed by atoms with E-state index in [2.05, 4.69) is 25.7 Å². The number of benzene rings is 1. The highest BCUT2D eigenvalue weighted by atomic mass is 16.5. The summed E-state index contributed by atoms with van der Waals surface area (Å²) in [7, 11) is 0. The van der Waals surface area contributed by atoms with Gasteiger partial charge in [-0.1, -0.05) is 35.5 Å². The second-order valence-electron chi connectivity index (χ2n) is 8.23. The molecule has 7 heteroatoms. The summed E-state index contributed by atoms with van der Waals surface area (Å²) >= 11 is 0. The monoisotopic (exact) mass is 399 g/mol. The molecule has 150 valence electrons. The van der Waals surface area contributed by atoms with Crippen molar-refractivity contribution >= 4 is 17.0 Å². The zero-order chi connectivity index (χ0) is 20.1. The summed E-state index contributed by atoms with van der Waals surface area (Å²) in [5.74, 6) is 0.270. The second-order valence-corrected chi connectivity index (χ2v) is 8.23. The lowest BCUT2D eigenvalue weighted by Crippen LogP contribution is -2.38. The lowest BCUT2D eigenvalue weighted by molar-refractivity contribution is 0.0935. The Bertz CT molecular complexity index is 1240. The van der Waals surface area contributed by atoms with Crippen molar-refractivity contribution in [2.45, 2.75) is 44.1 Å². The van der Waals surface area contributed by atoms with Crippen LogP contribution in [0.1, 0.15) is 52.5 Å². The average Bonchev–Trinajstić information content (AvgIpc) is 3.36. The van der Waals surface area contributed by atoms with Gasteiger partial charge in [0.15, 0.2) is 0 Å². The van der Waals surface area contributed by atoms with Crippen molar-refractivity contribution < 1.29 is 9.32 Å². The summed E-state index contributed by atoms with van der Waals surface area (Å²) in [6.45, 7) is 0. The zero-order valence-electron chi connectivity index (χ0n) is 16.4. The number of pyridine rings is 1. The molecule has 4 aromatic rings. The Balaban J connectivity index is 1.39. The van der Waals surface area contributed by atoms with E-state index < -0.39 is 0 Å². The molecule has 0 saturated heterocycles. The Morgan fingerprint density at radius 1 is 1.17 bits per heavy atom. The first-order valence-electron chi connectivity index (χ1n) is 10.4. The van der Waals surface area contributed by atoms with Gasteiger partial charge < -0.3 is 9.84 Å². The zero-order valence-corrected chi connectivity index (χ0v) is 16.4. The molecule has 1 aromatic carbocycles. The first-order valence-corrected chi connectivity index (χ1v) is 10.4. The molecule has 3 heterocycles. The van der Waals surface area contributed by atoms with E-state index in [1.54, 1.807) is 0 Å². The van der Waals surface area contributed by atoms with Gasteiger partial charge in [-0.25, -0.2) is 4.98 Å². The van der Waals surface area contributed by atoms with E-state index in [1.807, 2.05) is 42.6 Å². The molecule has 1 amide bonds. The molecular formula is C23H21N5O2. The van der Waals surface area contributed by atoms with E-state index in [1.165, 1.54) is 11.3 Å². The highest BCUT2D eigenvalue weighted by Crippen LogP contribution is 2.43. The Hall–Kier alpha value is -3.48. The normalized spacial score (nSPS) is 18.3. The number of hydrogen-bond donors (Lipinski definition) is 2. The number of fused-ring (bicyclic) bond motifs is 2. The topological polar surface area (TPSA) is 96.7 Å². The molecule has 0 bridgehead atoms. The van der Waals surface area contributed by atoms with Gasteiger partial charge in [-0.2, -0.15) is 5.10 Å². The molecule has 30 heavy (non-hydrogen) atoms. The average molecular weight is 399 g/mol. The maximum atomic E-state index is 13.4. The fraction of sp³-hybridized carbons (Fsp3) is 0.304. The summed E-state index contributed by atoms with van der Waals surface area (Å²) in [6.07, 6.45) is 6.58. The Labute approximate surface area is 172 Å². The van der Waals surface area contributed by atoms with Gasteiger partial charge in [-0.3, -0.25) is 9.89 Å². The molecule has 0 radical (unpaired) electrons. The van der Waals surface area contributed by atoms with Crippen LogP contribution >= 0.6 is 0 Å². The molecule has 1 saturated carbocycles. The molecule has 0 aliphatic heterocycles. The van der Waals surface area contributed by atoms with Gasteiger partial charge in [0.05, 0.1) is 28.5 Å². The Morgan fingerprint density at radius 3 is 2.87 bits per heavy atom. The van der Waals surface area contributed by atoms with Crippen LogP contribution in [0.25, 0.3) is 22.4 Å². The van der Waals surface area contributed by atoms with Crippen molar-refractivity contribution in [1.82, 2.24) is 25.7 Å². The predicted octanol–water partition coefficient (Wildman–Crippen LogP) is 3.78. The first kappa shape index (κ1) is 17.4. The minimum Gasteiger partial charge on any atom is -0.349 e. The lowest BCUT2D eigenvalue weighted by atomic mass is 9.93. The predicted molar refractivity (Wildman–Crippen MR) is 111 cm³/mol. The molecule has 1 fully saturated rings. The molecule has 2 N–H and O–H groups in total. The van der Waals surface area contributed by atoms with E-state index in [-0.39, 0.29) is 11.9 Å². The smallest absolute Gasteiger partial charge is 0.259 e. The number of hydrogen-bond acceptors (Lipinski definition) is 5. The van der Waals surface area contributed by atoms with Gasteiger partial charge in [0.25, 0.3) is 11.6 Å². The third kappa shape index (κ3) is 2.98. The van der Waals surface area contributed by atoms with E-state index in [0.29, 0.717) is 22.9 Å². The third-order valence-corrected chi connectivity index (χ3v) is 6.10. The number of amides is 1. The molecule has 2 aliphatic carbocycles.